The Hall–Kier alpha value is -1.59. The monoisotopic (exact) mass is 456 g/mol. The number of hydrogen-bond acceptors (Lipinski definition) is 3. The zero-order valence-electron chi connectivity index (χ0n) is 15.4. The molecular weight excluding hydrogens is 435 g/mol. The maximum atomic E-state index is 12.1. The van der Waals surface area contributed by atoms with E-state index in [1.165, 1.54) is 0 Å². The second-order valence-corrected chi connectivity index (χ2v) is 7.97. The van der Waals surface area contributed by atoms with Crippen molar-refractivity contribution in [2.24, 2.45) is 0 Å². The summed E-state index contributed by atoms with van der Waals surface area (Å²) in [5.41, 5.74) is 2.83. The molecule has 0 heterocycles. The van der Waals surface area contributed by atoms with E-state index in [1.807, 2.05) is 26.0 Å². The minimum absolute atomic E-state index is 0.0994. The SMILES string of the molecule is CC(C)c1cc(Cc2c(Cl)cc(OCC(=O)CCCF)cc2Br)ccc1O. The molecule has 0 aromatic heterocycles. The molecule has 2 rings (SSSR count). The molecule has 1 N–H and O–H groups in total. The van der Waals surface area contributed by atoms with E-state index >= 15 is 0 Å². The molecule has 0 aliphatic rings. The minimum Gasteiger partial charge on any atom is -0.508 e. The Bertz CT molecular complexity index is 785. The lowest BCUT2D eigenvalue weighted by Gasteiger charge is -2.14. The zero-order chi connectivity index (χ0) is 20.0. The van der Waals surface area contributed by atoms with Gasteiger partial charge in [0.15, 0.2) is 5.78 Å². The number of ketones is 1. The number of phenols is 1. The van der Waals surface area contributed by atoms with Gasteiger partial charge in [0, 0.05) is 22.3 Å². The van der Waals surface area contributed by atoms with Crippen molar-refractivity contribution in [3.8, 4) is 11.5 Å². The van der Waals surface area contributed by atoms with Crippen LogP contribution < -0.4 is 4.74 Å². The molecule has 2 aromatic carbocycles. The van der Waals surface area contributed by atoms with Gasteiger partial charge in [-0.05, 0) is 47.2 Å². The fraction of sp³-hybridized carbons (Fsp3) is 0.381. The third-order valence-electron chi connectivity index (χ3n) is 4.20. The molecule has 3 nitrogen and oxygen atoms in total. The first-order chi connectivity index (χ1) is 12.8. The molecule has 0 aliphatic heterocycles. The molecule has 0 bridgehead atoms. The Labute approximate surface area is 172 Å². The van der Waals surface area contributed by atoms with Crippen molar-refractivity contribution in [3.63, 3.8) is 0 Å². The van der Waals surface area contributed by atoms with Crippen molar-refractivity contribution in [2.45, 2.75) is 39.0 Å². The normalized spacial score (nSPS) is 11.0. The Morgan fingerprint density at radius 1 is 1.30 bits per heavy atom. The van der Waals surface area contributed by atoms with E-state index in [2.05, 4.69) is 15.9 Å². The summed E-state index contributed by atoms with van der Waals surface area (Å²) >= 11 is 9.94. The molecule has 0 saturated carbocycles. The number of alkyl halides is 1. The molecule has 0 atom stereocenters. The number of hydrogen-bond donors (Lipinski definition) is 1. The van der Waals surface area contributed by atoms with Crippen LogP contribution in [0.3, 0.4) is 0 Å². The molecule has 0 amide bonds. The number of aromatic hydroxyl groups is 1. The highest BCUT2D eigenvalue weighted by atomic mass is 79.9. The van der Waals surface area contributed by atoms with Crippen molar-refractivity contribution >= 4 is 33.3 Å². The van der Waals surface area contributed by atoms with Crippen molar-refractivity contribution in [1.82, 2.24) is 0 Å². The lowest BCUT2D eigenvalue weighted by Crippen LogP contribution is -2.11. The summed E-state index contributed by atoms with van der Waals surface area (Å²) in [4.78, 5) is 11.6. The number of ether oxygens (including phenoxy) is 1. The second kappa shape index (κ2) is 10.1. The van der Waals surface area contributed by atoms with Crippen molar-refractivity contribution in [3.05, 3.63) is 56.5 Å². The van der Waals surface area contributed by atoms with Crippen molar-refractivity contribution in [2.75, 3.05) is 13.3 Å². The number of Topliss-reactive ketones (excluding diaryl/α,β-unsaturated/α-hetero) is 1. The van der Waals surface area contributed by atoms with Gasteiger partial charge in [-0.1, -0.05) is 53.5 Å². The van der Waals surface area contributed by atoms with Crippen LogP contribution in [0.5, 0.6) is 11.5 Å². The van der Waals surface area contributed by atoms with Gasteiger partial charge in [-0.3, -0.25) is 9.18 Å². The van der Waals surface area contributed by atoms with E-state index in [9.17, 15) is 14.3 Å². The molecule has 0 aliphatic carbocycles. The fourth-order valence-corrected chi connectivity index (χ4v) is 3.68. The van der Waals surface area contributed by atoms with E-state index in [0.29, 0.717) is 22.9 Å². The van der Waals surface area contributed by atoms with Crippen molar-refractivity contribution < 1.29 is 19.0 Å². The van der Waals surface area contributed by atoms with Gasteiger partial charge in [0.1, 0.15) is 18.1 Å². The van der Waals surface area contributed by atoms with E-state index in [0.717, 1.165) is 21.2 Å². The van der Waals surface area contributed by atoms with Gasteiger partial charge in [-0.15, -0.1) is 0 Å². The highest BCUT2D eigenvalue weighted by molar-refractivity contribution is 9.10. The van der Waals surface area contributed by atoms with Crippen LogP contribution in [-0.2, 0) is 11.2 Å². The largest absolute Gasteiger partial charge is 0.508 e. The Morgan fingerprint density at radius 2 is 2.04 bits per heavy atom. The maximum Gasteiger partial charge on any atom is 0.170 e. The van der Waals surface area contributed by atoms with Gasteiger partial charge in [0.25, 0.3) is 0 Å². The van der Waals surface area contributed by atoms with Crippen LogP contribution in [0.4, 0.5) is 4.39 Å². The number of rotatable bonds is 9. The number of benzene rings is 2. The van der Waals surface area contributed by atoms with Gasteiger partial charge in [-0.25, -0.2) is 0 Å². The summed E-state index contributed by atoms with van der Waals surface area (Å²) < 4.78 is 18.4. The highest BCUT2D eigenvalue weighted by Gasteiger charge is 2.13. The predicted octanol–water partition coefficient (Wildman–Crippen LogP) is 6.22. The minimum atomic E-state index is -0.506. The third kappa shape index (κ3) is 6.22. The molecule has 0 fully saturated rings. The lowest BCUT2D eigenvalue weighted by molar-refractivity contribution is -0.121. The predicted molar refractivity (Wildman–Crippen MR) is 110 cm³/mol. The zero-order valence-corrected chi connectivity index (χ0v) is 17.7. The molecule has 2 aromatic rings. The number of phenolic OH excluding ortho intramolecular Hbond substituents is 1. The second-order valence-electron chi connectivity index (χ2n) is 6.71. The fourth-order valence-electron chi connectivity index (χ4n) is 2.71. The molecule has 0 radical (unpaired) electrons. The number of carbonyl (C=O) groups excluding carboxylic acids is 1. The standard InChI is InChI=1S/C21H23BrClFO3/c1-13(2)17-8-14(5-6-21(17)26)9-18-19(22)10-16(11-20(18)23)27-12-15(25)4-3-7-24/h5-6,8,10-11,13,26H,3-4,7,9,12H2,1-2H3. The van der Waals surface area contributed by atoms with Crippen LogP contribution in [0.25, 0.3) is 0 Å². The van der Waals surface area contributed by atoms with E-state index in [-0.39, 0.29) is 31.1 Å². The molecular formula is C21H23BrClFO3. The Kier molecular flexibility index (Phi) is 8.11. The average molecular weight is 458 g/mol. The van der Waals surface area contributed by atoms with Crippen LogP contribution in [-0.4, -0.2) is 24.2 Å². The van der Waals surface area contributed by atoms with Gasteiger partial charge < -0.3 is 9.84 Å². The molecule has 6 heteroatoms. The van der Waals surface area contributed by atoms with Crippen LogP contribution >= 0.6 is 27.5 Å². The van der Waals surface area contributed by atoms with Gasteiger partial charge >= 0.3 is 0 Å². The summed E-state index contributed by atoms with van der Waals surface area (Å²) in [6, 6.07) is 9.00. The summed E-state index contributed by atoms with van der Waals surface area (Å²) in [7, 11) is 0. The topological polar surface area (TPSA) is 46.5 Å². The van der Waals surface area contributed by atoms with E-state index in [1.54, 1.807) is 18.2 Å². The summed E-state index contributed by atoms with van der Waals surface area (Å²) in [6.45, 7) is 3.46. The summed E-state index contributed by atoms with van der Waals surface area (Å²) in [5, 5.41) is 10.5. The Balaban J connectivity index is 2.13. The first kappa shape index (κ1) is 21.7. The van der Waals surface area contributed by atoms with Gasteiger partial charge in [-0.2, -0.15) is 0 Å². The first-order valence-electron chi connectivity index (χ1n) is 8.82. The maximum absolute atomic E-state index is 12.1. The van der Waals surface area contributed by atoms with Gasteiger partial charge in [0.05, 0.1) is 6.67 Å². The molecule has 146 valence electrons. The number of carbonyl (C=O) groups is 1. The smallest absolute Gasteiger partial charge is 0.170 e. The van der Waals surface area contributed by atoms with Crippen LogP contribution in [0, 0.1) is 0 Å². The third-order valence-corrected chi connectivity index (χ3v) is 5.24. The average Bonchev–Trinajstić information content (AvgIpc) is 2.62. The molecule has 0 unspecified atom stereocenters. The summed E-state index contributed by atoms with van der Waals surface area (Å²) in [6.07, 6.45) is 0.980. The molecule has 27 heavy (non-hydrogen) atoms. The molecule has 0 spiro atoms. The van der Waals surface area contributed by atoms with E-state index in [4.69, 9.17) is 16.3 Å². The number of halogens is 3. The molecule has 0 saturated heterocycles. The lowest BCUT2D eigenvalue weighted by atomic mass is 9.96. The van der Waals surface area contributed by atoms with E-state index < -0.39 is 6.67 Å². The van der Waals surface area contributed by atoms with Crippen LogP contribution in [0.1, 0.15) is 49.3 Å². The van der Waals surface area contributed by atoms with Gasteiger partial charge in [0.2, 0.25) is 0 Å². The summed E-state index contributed by atoms with van der Waals surface area (Å²) in [5.74, 6) is 0.849. The van der Waals surface area contributed by atoms with Crippen molar-refractivity contribution in [1.29, 1.82) is 0 Å². The Morgan fingerprint density at radius 3 is 2.67 bits per heavy atom. The first-order valence-corrected chi connectivity index (χ1v) is 9.99. The highest BCUT2D eigenvalue weighted by Crippen LogP contribution is 2.34. The van der Waals surface area contributed by atoms with Crippen LogP contribution in [0.15, 0.2) is 34.8 Å². The quantitative estimate of drug-likeness (QED) is 0.486. The van der Waals surface area contributed by atoms with Crippen LogP contribution in [0.2, 0.25) is 5.02 Å².